The Bertz CT molecular complexity index is 266. The molecule has 0 aliphatic carbocycles. The molecule has 2 heteroatoms. The Labute approximate surface area is 64.2 Å². The predicted molar refractivity (Wildman–Crippen MR) is 40.3 cm³/mol. The van der Waals surface area contributed by atoms with Crippen molar-refractivity contribution in [1.29, 1.82) is 0 Å². The molecule has 0 aliphatic rings. The fraction of sp³-hybridized carbons (Fsp3) is 0.111. The minimum Gasteiger partial charge on any atom is -0.207 e. The fourth-order valence-corrected chi connectivity index (χ4v) is 0.855. The Morgan fingerprint density at radius 1 is 1.36 bits per heavy atom. The monoisotopic (exact) mass is 154 g/mol. The van der Waals surface area contributed by atoms with E-state index < -0.39 is 5.82 Å². The van der Waals surface area contributed by atoms with Gasteiger partial charge in [-0.15, -0.1) is 6.58 Å². The van der Waals surface area contributed by atoms with Crippen molar-refractivity contribution in [2.75, 3.05) is 0 Å². The van der Waals surface area contributed by atoms with Gasteiger partial charge in [0.15, 0.2) is 0 Å². The van der Waals surface area contributed by atoms with Gasteiger partial charge in [-0.1, -0.05) is 6.08 Å². The van der Waals surface area contributed by atoms with E-state index in [0.29, 0.717) is 12.0 Å². The highest BCUT2D eigenvalue weighted by Gasteiger charge is 2.00. The van der Waals surface area contributed by atoms with Crippen molar-refractivity contribution in [1.82, 2.24) is 0 Å². The Morgan fingerprint density at radius 2 is 2.09 bits per heavy atom. The number of rotatable bonds is 2. The summed E-state index contributed by atoms with van der Waals surface area (Å²) in [7, 11) is 0. The highest BCUT2D eigenvalue weighted by Crippen LogP contribution is 2.09. The summed E-state index contributed by atoms with van der Waals surface area (Å²) in [5.41, 5.74) is 0.347. The van der Waals surface area contributed by atoms with Crippen molar-refractivity contribution in [2.24, 2.45) is 0 Å². The van der Waals surface area contributed by atoms with Crippen molar-refractivity contribution in [2.45, 2.75) is 6.42 Å². The highest BCUT2D eigenvalue weighted by atomic mass is 19.1. The standard InChI is InChI=1S/C9H8F2/c1-2-3-7-6-8(10)4-5-9(7)11/h2,4-6H,1,3H2. The smallest absolute Gasteiger partial charge is 0.126 e. The van der Waals surface area contributed by atoms with Crippen LogP contribution in [0.2, 0.25) is 0 Å². The lowest BCUT2D eigenvalue weighted by Crippen LogP contribution is -1.88. The number of hydrogen-bond donors (Lipinski definition) is 0. The van der Waals surface area contributed by atoms with E-state index in [2.05, 4.69) is 6.58 Å². The molecule has 0 N–H and O–H groups in total. The van der Waals surface area contributed by atoms with Crippen LogP contribution in [0, 0.1) is 11.6 Å². The molecule has 0 atom stereocenters. The van der Waals surface area contributed by atoms with Crippen LogP contribution in [0.15, 0.2) is 30.9 Å². The Morgan fingerprint density at radius 3 is 2.73 bits per heavy atom. The molecule has 0 aliphatic heterocycles. The summed E-state index contributed by atoms with van der Waals surface area (Å²) in [6.45, 7) is 3.44. The zero-order valence-electron chi connectivity index (χ0n) is 5.98. The van der Waals surface area contributed by atoms with Crippen LogP contribution in [-0.2, 0) is 6.42 Å². The zero-order valence-corrected chi connectivity index (χ0v) is 5.98. The Kier molecular flexibility index (Phi) is 2.36. The number of allylic oxidation sites excluding steroid dienone is 1. The highest BCUT2D eigenvalue weighted by molar-refractivity contribution is 5.20. The predicted octanol–water partition coefficient (Wildman–Crippen LogP) is 2.69. The first-order chi connectivity index (χ1) is 5.24. The summed E-state index contributed by atoms with van der Waals surface area (Å²) < 4.78 is 25.2. The lowest BCUT2D eigenvalue weighted by atomic mass is 10.1. The SMILES string of the molecule is C=CCc1cc(F)ccc1F. The van der Waals surface area contributed by atoms with Gasteiger partial charge in [-0.25, -0.2) is 8.78 Å². The topological polar surface area (TPSA) is 0 Å². The van der Waals surface area contributed by atoms with Crippen LogP contribution >= 0.6 is 0 Å². The second kappa shape index (κ2) is 3.28. The second-order valence-corrected chi connectivity index (χ2v) is 2.23. The first kappa shape index (κ1) is 7.92. The number of halogens is 2. The van der Waals surface area contributed by atoms with Crippen LogP contribution in [0.3, 0.4) is 0 Å². The lowest BCUT2D eigenvalue weighted by Gasteiger charge is -1.97. The van der Waals surface area contributed by atoms with E-state index >= 15 is 0 Å². The average molecular weight is 154 g/mol. The van der Waals surface area contributed by atoms with E-state index in [4.69, 9.17) is 0 Å². The van der Waals surface area contributed by atoms with Gasteiger partial charge in [-0.05, 0) is 30.2 Å². The summed E-state index contributed by atoms with van der Waals surface area (Å²) in [4.78, 5) is 0. The van der Waals surface area contributed by atoms with Crippen LogP contribution in [0.1, 0.15) is 5.56 Å². The normalized spacial score (nSPS) is 9.64. The number of benzene rings is 1. The minimum atomic E-state index is -0.414. The molecule has 1 aromatic carbocycles. The van der Waals surface area contributed by atoms with Crippen molar-refractivity contribution in [3.8, 4) is 0 Å². The zero-order chi connectivity index (χ0) is 8.27. The van der Waals surface area contributed by atoms with Gasteiger partial charge in [0, 0.05) is 0 Å². The summed E-state index contributed by atoms with van der Waals surface area (Å²) in [6.07, 6.45) is 1.90. The maximum Gasteiger partial charge on any atom is 0.126 e. The van der Waals surface area contributed by atoms with Crippen molar-refractivity contribution in [3.63, 3.8) is 0 Å². The molecule has 1 rings (SSSR count). The average Bonchev–Trinajstić information content (AvgIpc) is 1.98. The molecule has 0 spiro atoms. The first-order valence-corrected chi connectivity index (χ1v) is 3.29. The quantitative estimate of drug-likeness (QED) is 0.574. The van der Waals surface area contributed by atoms with Crippen molar-refractivity contribution in [3.05, 3.63) is 48.1 Å². The van der Waals surface area contributed by atoms with Gasteiger partial charge in [0.05, 0.1) is 0 Å². The maximum absolute atomic E-state index is 12.7. The summed E-state index contributed by atoms with van der Waals surface area (Å²) in [5, 5.41) is 0. The molecular weight excluding hydrogens is 146 g/mol. The van der Waals surface area contributed by atoms with Gasteiger partial charge in [-0.3, -0.25) is 0 Å². The maximum atomic E-state index is 12.7. The van der Waals surface area contributed by atoms with Crippen LogP contribution in [0.4, 0.5) is 8.78 Å². The third kappa shape index (κ3) is 1.87. The Balaban J connectivity index is 3.01. The molecule has 0 saturated carbocycles. The minimum absolute atomic E-state index is 0.347. The van der Waals surface area contributed by atoms with E-state index in [1.54, 1.807) is 0 Å². The van der Waals surface area contributed by atoms with Crippen LogP contribution < -0.4 is 0 Å². The van der Waals surface area contributed by atoms with Crippen LogP contribution in [-0.4, -0.2) is 0 Å². The summed E-state index contributed by atoms with van der Waals surface area (Å²) >= 11 is 0. The molecule has 0 radical (unpaired) electrons. The van der Waals surface area contributed by atoms with Crippen LogP contribution in [0.25, 0.3) is 0 Å². The largest absolute Gasteiger partial charge is 0.207 e. The molecule has 0 amide bonds. The van der Waals surface area contributed by atoms with Gasteiger partial charge in [0.2, 0.25) is 0 Å². The molecule has 0 aromatic heterocycles. The Hall–Kier alpha value is -1.18. The van der Waals surface area contributed by atoms with E-state index in [1.165, 1.54) is 12.1 Å². The van der Waals surface area contributed by atoms with E-state index in [1.807, 2.05) is 0 Å². The lowest BCUT2D eigenvalue weighted by molar-refractivity contribution is 0.589. The first-order valence-electron chi connectivity index (χ1n) is 3.29. The van der Waals surface area contributed by atoms with Gasteiger partial charge in [0.1, 0.15) is 11.6 Å². The summed E-state index contributed by atoms with van der Waals surface area (Å²) in [5.74, 6) is -0.797. The van der Waals surface area contributed by atoms with Gasteiger partial charge < -0.3 is 0 Å². The van der Waals surface area contributed by atoms with Crippen molar-refractivity contribution < 1.29 is 8.78 Å². The molecule has 0 unspecified atom stereocenters. The van der Waals surface area contributed by atoms with E-state index in [-0.39, 0.29) is 5.82 Å². The fourth-order valence-electron chi connectivity index (χ4n) is 0.855. The van der Waals surface area contributed by atoms with Gasteiger partial charge >= 0.3 is 0 Å². The van der Waals surface area contributed by atoms with E-state index in [0.717, 1.165) is 12.1 Å². The molecular formula is C9H8F2. The van der Waals surface area contributed by atoms with Gasteiger partial charge in [-0.2, -0.15) is 0 Å². The molecule has 0 fully saturated rings. The molecule has 0 saturated heterocycles. The van der Waals surface area contributed by atoms with E-state index in [9.17, 15) is 8.78 Å². The third-order valence-electron chi connectivity index (χ3n) is 1.37. The molecule has 11 heavy (non-hydrogen) atoms. The number of hydrogen-bond acceptors (Lipinski definition) is 0. The molecule has 0 bridgehead atoms. The molecule has 0 heterocycles. The molecule has 1 aromatic rings. The second-order valence-electron chi connectivity index (χ2n) is 2.23. The van der Waals surface area contributed by atoms with Crippen molar-refractivity contribution >= 4 is 0 Å². The molecule has 58 valence electrons. The third-order valence-corrected chi connectivity index (χ3v) is 1.37. The van der Waals surface area contributed by atoms with Gasteiger partial charge in [0.25, 0.3) is 0 Å². The summed E-state index contributed by atoms with van der Waals surface area (Å²) in [6, 6.07) is 3.40. The molecule has 0 nitrogen and oxygen atoms in total. The van der Waals surface area contributed by atoms with Crippen LogP contribution in [0.5, 0.6) is 0 Å².